The second-order valence-corrected chi connectivity index (χ2v) is 6.74. The van der Waals surface area contributed by atoms with Gasteiger partial charge in [0.05, 0.1) is 29.2 Å². The summed E-state index contributed by atoms with van der Waals surface area (Å²) in [5.41, 5.74) is 0.702. The third-order valence-electron chi connectivity index (χ3n) is 3.57. The van der Waals surface area contributed by atoms with Crippen molar-refractivity contribution < 1.29 is 13.6 Å². The van der Waals surface area contributed by atoms with E-state index in [1.54, 1.807) is 0 Å². The lowest BCUT2D eigenvalue weighted by atomic mass is 9.92. The number of anilines is 1. The third kappa shape index (κ3) is 4.32. The molecule has 2 amide bonds. The minimum atomic E-state index is -0.898. The summed E-state index contributed by atoms with van der Waals surface area (Å²) in [6.45, 7) is 6.28. The minimum absolute atomic E-state index is 0.126. The molecule has 8 heteroatoms. The highest BCUT2D eigenvalue weighted by Crippen LogP contribution is 2.21. The Hall–Kier alpha value is -2.95. The molecular weight excluding hydrogens is 328 g/mol. The molecule has 1 heterocycles. The number of nitriles is 1. The summed E-state index contributed by atoms with van der Waals surface area (Å²) in [6.07, 6.45) is 0. The van der Waals surface area contributed by atoms with Gasteiger partial charge >= 0.3 is 6.03 Å². The van der Waals surface area contributed by atoms with Gasteiger partial charge in [0.1, 0.15) is 17.7 Å². The Bertz CT molecular complexity index is 833. The Kier molecular flexibility index (Phi) is 5.07. The molecule has 0 saturated carbocycles. The molecule has 0 spiro atoms. The van der Waals surface area contributed by atoms with Gasteiger partial charge in [0.15, 0.2) is 0 Å². The van der Waals surface area contributed by atoms with Crippen LogP contribution in [-0.4, -0.2) is 28.2 Å². The number of halogens is 2. The maximum atomic E-state index is 13.8. The quantitative estimate of drug-likeness (QED) is 0.891. The lowest BCUT2D eigenvalue weighted by Crippen LogP contribution is -2.31. The monoisotopic (exact) mass is 347 g/mol. The Morgan fingerprint density at radius 1 is 1.32 bits per heavy atom. The molecule has 1 aromatic carbocycles. The second kappa shape index (κ2) is 6.89. The zero-order valence-electron chi connectivity index (χ0n) is 14.4. The van der Waals surface area contributed by atoms with E-state index in [1.807, 2.05) is 26.8 Å². The molecule has 2 N–H and O–H groups in total. The third-order valence-corrected chi connectivity index (χ3v) is 3.57. The fourth-order valence-corrected chi connectivity index (χ4v) is 2.09. The fraction of sp³-hybridized carbons (Fsp3) is 0.353. The van der Waals surface area contributed by atoms with Crippen LogP contribution in [0.15, 0.2) is 18.2 Å². The van der Waals surface area contributed by atoms with Crippen molar-refractivity contribution in [2.45, 2.75) is 32.7 Å². The summed E-state index contributed by atoms with van der Waals surface area (Å²) in [5.74, 6) is -1.78. The van der Waals surface area contributed by atoms with E-state index in [2.05, 4.69) is 15.5 Å². The van der Waals surface area contributed by atoms with Crippen LogP contribution in [0.3, 0.4) is 0 Å². The number of carbonyl (C=O) groups is 1. The average molecular weight is 347 g/mol. The van der Waals surface area contributed by atoms with E-state index < -0.39 is 23.2 Å². The summed E-state index contributed by atoms with van der Waals surface area (Å²) in [7, 11) is 1.52. The Morgan fingerprint density at radius 2 is 2.00 bits per heavy atom. The first-order valence-electron chi connectivity index (χ1n) is 7.58. The first-order valence-corrected chi connectivity index (χ1v) is 7.58. The number of rotatable bonds is 3. The average Bonchev–Trinajstić information content (AvgIpc) is 2.99. The number of carbonyl (C=O) groups excluding carboxylic acids is 1. The maximum Gasteiger partial charge on any atom is 0.322 e. The van der Waals surface area contributed by atoms with Crippen LogP contribution in [0.5, 0.6) is 0 Å². The van der Waals surface area contributed by atoms with E-state index in [4.69, 9.17) is 5.26 Å². The van der Waals surface area contributed by atoms with Crippen LogP contribution in [0.1, 0.15) is 37.7 Å². The molecule has 0 aliphatic heterocycles. The van der Waals surface area contributed by atoms with E-state index in [-0.39, 0.29) is 17.6 Å². The predicted molar refractivity (Wildman–Crippen MR) is 88.8 cm³/mol. The van der Waals surface area contributed by atoms with Crippen molar-refractivity contribution in [3.63, 3.8) is 0 Å². The van der Waals surface area contributed by atoms with E-state index in [1.165, 1.54) is 18.0 Å². The summed E-state index contributed by atoms with van der Waals surface area (Å²) in [4.78, 5) is 13.5. The lowest BCUT2D eigenvalue weighted by molar-refractivity contribution is 0.220. The van der Waals surface area contributed by atoms with Crippen LogP contribution in [0.25, 0.3) is 0 Å². The molecular formula is C17H19F2N5O. The number of urea groups is 1. The SMILES string of the molecule is CN(Cc1cc(C(C)(C)C)n[nH]1)C(=O)Nc1cc(F)c(C#N)cc1F. The largest absolute Gasteiger partial charge is 0.322 e. The van der Waals surface area contributed by atoms with Crippen molar-refractivity contribution in [2.75, 3.05) is 12.4 Å². The van der Waals surface area contributed by atoms with Crippen LogP contribution in [0, 0.1) is 23.0 Å². The number of hydrogen-bond donors (Lipinski definition) is 2. The molecule has 0 aliphatic rings. The number of amides is 2. The van der Waals surface area contributed by atoms with Gasteiger partial charge in [-0.25, -0.2) is 13.6 Å². The zero-order chi connectivity index (χ0) is 18.8. The van der Waals surface area contributed by atoms with Gasteiger partial charge in [-0.1, -0.05) is 20.8 Å². The van der Waals surface area contributed by atoms with Gasteiger partial charge in [0.2, 0.25) is 0 Å². The molecule has 0 radical (unpaired) electrons. The number of nitrogens with zero attached hydrogens (tertiary/aromatic N) is 3. The summed E-state index contributed by atoms with van der Waals surface area (Å²) in [6, 6.07) is 4.31. The molecule has 132 valence electrons. The van der Waals surface area contributed by atoms with Crippen LogP contribution >= 0.6 is 0 Å². The Balaban J connectivity index is 2.07. The van der Waals surface area contributed by atoms with E-state index in [9.17, 15) is 13.6 Å². The van der Waals surface area contributed by atoms with Crippen molar-refractivity contribution >= 4 is 11.7 Å². The molecule has 6 nitrogen and oxygen atoms in total. The molecule has 25 heavy (non-hydrogen) atoms. The smallest absolute Gasteiger partial charge is 0.322 e. The van der Waals surface area contributed by atoms with Gasteiger partial charge in [-0.2, -0.15) is 10.4 Å². The van der Waals surface area contributed by atoms with E-state index in [0.29, 0.717) is 5.69 Å². The van der Waals surface area contributed by atoms with Crippen LogP contribution in [0.2, 0.25) is 0 Å². The number of H-pyrrole nitrogens is 1. The molecule has 0 fully saturated rings. The standard InChI is InChI=1S/C17H19F2N5O/c1-17(2,3)15-6-11(22-23-15)9-24(4)16(25)21-14-7-12(18)10(8-20)5-13(14)19/h5-7H,9H2,1-4H3,(H,21,25)(H,22,23). The van der Waals surface area contributed by atoms with Gasteiger partial charge < -0.3 is 10.2 Å². The van der Waals surface area contributed by atoms with Crippen LogP contribution < -0.4 is 5.32 Å². The number of nitrogens with one attached hydrogen (secondary N) is 2. The Labute approximate surface area is 144 Å². The van der Waals surface area contributed by atoms with E-state index >= 15 is 0 Å². The van der Waals surface area contributed by atoms with Crippen molar-refractivity contribution in [3.8, 4) is 6.07 Å². The van der Waals surface area contributed by atoms with Gasteiger partial charge in [-0.3, -0.25) is 5.10 Å². The molecule has 2 aromatic rings. The first-order chi connectivity index (χ1) is 11.6. The van der Waals surface area contributed by atoms with Crippen molar-refractivity contribution in [2.24, 2.45) is 0 Å². The first kappa shape index (κ1) is 18.4. The number of aromatic nitrogens is 2. The predicted octanol–water partition coefficient (Wildman–Crippen LogP) is 3.52. The van der Waals surface area contributed by atoms with Crippen molar-refractivity contribution in [1.82, 2.24) is 15.1 Å². The highest BCUT2D eigenvalue weighted by atomic mass is 19.1. The molecule has 0 bridgehead atoms. The van der Waals surface area contributed by atoms with Crippen molar-refractivity contribution in [1.29, 1.82) is 5.26 Å². The van der Waals surface area contributed by atoms with Gasteiger partial charge in [-0.05, 0) is 12.1 Å². The highest BCUT2D eigenvalue weighted by Gasteiger charge is 2.19. The maximum absolute atomic E-state index is 13.8. The molecule has 2 rings (SSSR count). The van der Waals surface area contributed by atoms with Gasteiger partial charge in [0, 0.05) is 18.5 Å². The van der Waals surface area contributed by atoms with Crippen molar-refractivity contribution in [3.05, 3.63) is 46.8 Å². The second-order valence-electron chi connectivity index (χ2n) is 6.74. The molecule has 0 atom stereocenters. The summed E-state index contributed by atoms with van der Waals surface area (Å²) >= 11 is 0. The van der Waals surface area contributed by atoms with Gasteiger partial charge in [-0.15, -0.1) is 0 Å². The summed E-state index contributed by atoms with van der Waals surface area (Å²) in [5, 5.41) is 18.0. The summed E-state index contributed by atoms with van der Waals surface area (Å²) < 4.78 is 27.4. The lowest BCUT2D eigenvalue weighted by Gasteiger charge is -2.17. The van der Waals surface area contributed by atoms with E-state index in [0.717, 1.165) is 17.8 Å². The number of benzene rings is 1. The molecule has 0 unspecified atom stereocenters. The fourth-order valence-electron chi connectivity index (χ4n) is 2.09. The normalized spacial score (nSPS) is 11.1. The minimum Gasteiger partial charge on any atom is -0.322 e. The Morgan fingerprint density at radius 3 is 2.56 bits per heavy atom. The highest BCUT2D eigenvalue weighted by molar-refractivity contribution is 5.89. The molecule has 1 aromatic heterocycles. The van der Waals surface area contributed by atoms with Gasteiger partial charge in [0.25, 0.3) is 0 Å². The van der Waals surface area contributed by atoms with Crippen LogP contribution in [-0.2, 0) is 12.0 Å². The van der Waals surface area contributed by atoms with Crippen LogP contribution in [0.4, 0.5) is 19.3 Å². The zero-order valence-corrected chi connectivity index (χ0v) is 14.4. The number of hydrogen-bond acceptors (Lipinski definition) is 3. The molecule has 0 aliphatic carbocycles. The topological polar surface area (TPSA) is 84.8 Å². The molecule has 0 saturated heterocycles. The number of aromatic amines is 1.